The number of hydrogen-bond acceptors (Lipinski definition) is 6. The third-order valence-electron chi connectivity index (χ3n) is 4.56. The van der Waals surface area contributed by atoms with Crippen molar-refractivity contribution in [1.82, 2.24) is 20.1 Å². The fraction of sp³-hybridized carbons (Fsp3) is 0.364. The zero-order valence-electron chi connectivity index (χ0n) is 17.1. The molecule has 0 unspecified atom stereocenters. The molecule has 0 radical (unpaired) electrons. The molecular weight excluding hydrogens is 384 g/mol. The van der Waals surface area contributed by atoms with E-state index in [9.17, 15) is 5.11 Å². The van der Waals surface area contributed by atoms with Crippen molar-refractivity contribution < 1.29 is 9.84 Å². The molecule has 3 aromatic rings. The number of nitrogens with zero attached hydrogens (tertiary/aromatic N) is 3. The number of ether oxygens (including phenoxy) is 1. The maximum atomic E-state index is 10.2. The highest BCUT2D eigenvalue weighted by Crippen LogP contribution is 2.28. The minimum Gasteiger partial charge on any atom is -0.497 e. The second-order valence-electron chi connectivity index (χ2n) is 6.98. The van der Waals surface area contributed by atoms with Crippen LogP contribution in [0.5, 0.6) is 5.75 Å². The Kier molecular flexibility index (Phi) is 7.69. The maximum absolute atomic E-state index is 10.2. The quantitative estimate of drug-likeness (QED) is 0.388. The van der Waals surface area contributed by atoms with Crippen molar-refractivity contribution >= 4 is 11.8 Å². The smallest absolute Gasteiger partial charge is 0.191 e. The number of aromatic nitrogens is 3. The van der Waals surface area contributed by atoms with Crippen LogP contribution in [0.25, 0.3) is 11.4 Å². The molecule has 0 saturated heterocycles. The SMILES string of the molecule is COc1ccc(-c2nnc(SCCNC[C@@H](O)c3ccccc3)n2C(C)C)cc1. The van der Waals surface area contributed by atoms with Crippen LogP contribution in [0.2, 0.25) is 0 Å². The third kappa shape index (κ3) is 5.59. The van der Waals surface area contributed by atoms with Crippen molar-refractivity contribution in [3.8, 4) is 17.1 Å². The van der Waals surface area contributed by atoms with Gasteiger partial charge >= 0.3 is 0 Å². The molecule has 1 aromatic heterocycles. The number of benzene rings is 2. The van der Waals surface area contributed by atoms with Crippen molar-refractivity contribution in [2.75, 3.05) is 26.0 Å². The highest BCUT2D eigenvalue weighted by Gasteiger charge is 2.16. The fourth-order valence-electron chi connectivity index (χ4n) is 3.02. The van der Waals surface area contributed by atoms with Crippen LogP contribution in [-0.2, 0) is 0 Å². The van der Waals surface area contributed by atoms with E-state index in [1.807, 2.05) is 54.6 Å². The number of aliphatic hydroxyl groups excluding tert-OH is 1. The van der Waals surface area contributed by atoms with E-state index >= 15 is 0 Å². The summed E-state index contributed by atoms with van der Waals surface area (Å²) >= 11 is 1.67. The van der Waals surface area contributed by atoms with Gasteiger partial charge in [-0.3, -0.25) is 4.57 Å². The van der Waals surface area contributed by atoms with E-state index in [4.69, 9.17) is 4.74 Å². The third-order valence-corrected chi connectivity index (χ3v) is 5.51. The van der Waals surface area contributed by atoms with Crippen LogP contribution >= 0.6 is 11.8 Å². The van der Waals surface area contributed by atoms with Crippen molar-refractivity contribution in [2.45, 2.75) is 31.1 Å². The lowest BCUT2D eigenvalue weighted by Gasteiger charge is -2.14. The van der Waals surface area contributed by atoms with E-state index in [0.717, 1.165) is 40.2 Å². The van der Waals surface area contributed by atoms with Gasteiger partial charge in [-0.2, -0.15) is 0 Å². The minimum absolute atomic E-state index is 0.248. The van der Waals surface area contributed by atoms with E-state index in [1.54, 1.807) is 18.9 Å². The molecule has 0 aliphatic heterocycles. The van der Waals surface area contributed by atoms with Gasteiger partial charge in [-0.05, 0) is 43.7 Å². The summed E-state index contributed by atoms with van der Waals surface area (Å²) in [7, 11) is 1.66. The van der Waals surface area contributed by atoms with Crippen LogP contribution in [0.1, 0.15) is 31.6 Å². The van der Waals surface area contributed by atoms with Crippen molar-refractivity contribution in [3.05, 3.63) is 60.2 Å². The first-order valence-electron chi connectivity index (χ1n) is 9.76. The minimum atomic E-state index is -0.498. The Morgan fingerprint density at radius 2 is 1.79 bits per heavy atom. The zero-order chi connectivity index (χ0) is 20.6. The average molecular weight is 413 g/mol. The largest absolute Gasteiger partial charge is 0.497 e. The Bertz CT molecular complexity index is 882. The molecule has 0 spiro atoms. The molecular formula is C22H28N4O2S. The van der Waals surface area contributed by atoms with Crippen LogP contribution in [0.4, 0.5) is 0 Å². The van der Waals surface area contributed by atoms with Gasteiger partial charge in [0.15, 0.2) is 11.0 Å². The number of thioether (sulfide) groups is 1. The summed E-state index contributed by atoms with van der Waals surface area (Å²) in [6.07, 6.45) is -0.498. The van der Waals surface area contributed by atoms with Gasteiger partial charge in [-0.15, -0.1) is 10.2 Å². The number of aliphatic hydroxyl groups is 1. The average Bonchev–Trinajstić information content (AvgIpc) is 3.18. The summed E-state index contributed by atoms with van der Waals surface area (Å²) in [6.45, 7) is 5.57. The standard InChI is InChI=1S/C22H28N4O2S/c1-16(2)26-21(18-9-11-19(28-3)12-10-18)24-25-22(26)29-14-13-23-15-20(27)17-7-5-4-6-8-17/h4-12,16,20,23,27H,13-15H2,1-3H3/t20-/m1/s1. The highest BCUT2D eigenvalue weighted by molar-refractivity contribution is 7.99. The van der Waals surface area contributed by atoms with Gasteiger partial charge in [-0.1, -0.05) is 42.1 Å². The summed E-state index contributed by atoms with van der Waals surface area (Å²) in [5, 5.41) is 23.3. The van der Waals surface area contributed by atoms with E-state index in [0.29, 0.717) is 6.54 Å². The Balaban J connectivity index is 1.56. The summed E-state index contributed by atoms with van der Waals surface area (Å²) in [4.78, 5) is 0. The molecule has 1 heterocycles. The Morgan fingerprint density at radius 3 is 2.45 bits per heavy atom. The van der Waals surface area contributed by atoms with Crippen molar-refractivity contribution in [1.29, 1.82) is 0 Å². The molecule has 6 nitrogen and oxygen atoms in total. The van der Waals surface area contributed by atoms with Crippen LogP contribution in [-0.4, -0.2) is 45.8 Å². The number of nitrogens with one attached hydrogen (secondary N) is 1. The number of rotatable bonds is 10. The lowest BCUT2D eigenvalue weighted by molar-refractivity contribution is 0.176. The molecule has 0 amide bonds. The van der Waals surface area contributed by atoms with Gasteiger partial charge in [0.1, 0.15) is 5.75 Å². The second kappa shape index (κ2) is 10.4. The van der Waals surface area contributed by atoms with Crippen LogP contribution in [0.3, 0.4) is 0 Å². The van der Waals surface area contributed by atoms with E-state index in [-0.39, 0.29) is 6.04 Å². The van der Waals surface area contributed by atoms with Gasteiger partial charge in [0.2, 0.25) is 0 Å². The predicted molar refractivity (Wildman–Crippen MR) is 117 cm³/mol. The molecule has 154 valence electrons. The molecule has 0 bridgehead atoms. The van der Waals surface area contributed by atoms with Gasteiger partial charge in [0.05, 0.1) is 13.2 Å². The van der Waals surface area contributed by atoms with Gasteiger partial charge in [0.25, 0.3) is 0 Å². The lowest BCUT2D eigenvalue weighted by Crippen LogP contribution is -2.23. The molecule has 7 heteroatoms. The predicted octanol–water partition coefficient (Wildman–Crippen LogP) is 3.95. The molecule has 3 rings (SSSR count). The van der Waals surface area contributed by atoms with E-state index in [2.05, 4.69) is 33.9 Å². The van der Waals surface area contributed by atoms with Gasteiger partial charge < -0.3 is 15.2 Å². The van der Waals surface area contributed by atoms with Gasteiger partial charge in [-0.25, -0.2) is 0 Å². The molecule has 1 atom stereocenters. The van der Waals surface area contributed by atoms with Crippen LogP contribution in [0.15, 0.2) is 59.8 Å². The lowest BCUT2D eigenvalue weighted by atomic mass is 10.1. The summed E-state index contributed by atoms with van der Waals surface area (Å²) in [5.74, 6) is 2.52. The monoisotopic (exact) mass is 412 g/mol. The first-order chi connectivity index (χ1) is 14.1. The maximum Gasteiger partial charge on any atom is 0.191 e. The molecule has 0 fully saturated rings. The Morgan fingerprint density at radius 1 is 1.07 bits per heavy atom. The summed E-state index contributed by atoms with van der Waals surface area (Å²) < 4.78 is 7.40. The topological polar surface area (TPSA) is 72.2 Å². The number of hydrogen-bond donors (Lipinski definition) is 2. The molecule has 0 aliphatic carbocycles. The zero-order valence-corrected chi connectivity index (χ0v) is 17.9. The molecule has 29 heavy (non-hydrogen) atoms. The Hall–Kier alpha value is -2.35. The summed E-state index contributed by atoms with van der Waals surface area (Å²) in [5.41, 5.74) is 1.94. The first kappa shape index (κ1) is 21.4. The van der Waals surface area contributed by atoms with E-state index in [1.165, 1.54) is 0 Å². The van der Waals surface area contributed by atoms with Crippen molar-refractivity contribution in [2.24, 2.45) is 0 Å². The molecule has 2 aromatic carbocycles. The Labute approximate surface area is 176 Å². The molecule has 0 saturated carbocycles. The fourth-order valence-corrected chi connectivity index (χ4v) is 3.99. The molecule has 2 N–H and O–H groups in total. The first-order valence-corrected chi connectivity index (χ1v) is 10.7. The number of methoxy groups -OCH3 is 1. The van der Waals surface area contributed by atoms with Gasteiger partial charge in [0, 0.05) is 30.4 Å². The van der Waals surface area contributed by atoms with Crippen LogP contribution in [0, 0.1) is 0 Å². The van der Waals surface area contributed by atoms with E-state index < -0.39 is 6.10 Å². The van der Waals surface area contributed by atoms with Crippen LogP contribution < -0.4 is 10.1 Å². The normalized spacial score (nSPS) is 12.3. The van der Waals surface area contributed by atoms with Crippen molar-refractivity contribution in [3.63, 3.8) is 0 Å². The molecule has 0 aliphatic rings. The highest BCUT2D eigenvalue weighted by atomic mass is 32.2. The second-order valence-corrected chi connectivity index (χ2v) is 8.04. The summed E-state index contributed by atoms with van der Waals surface area (Å²) in [6, 6.07) is 17.8.